The van der Waals surface area contributed by atoms with Gasteiger partial charge in [0.1, 0.15) is 0 Å². The van der Waals surface area contributed by atoms with Crippen LogP contribution < -0.4 is 5.32 Å². The number of rotatable bonds is 7. The van der Waals surface area contributed by atoms with Gasteiger partial charge in [-0.25, -0.2) is 4.79 Å². The van der Waals surface area contributed by atoms with Crippen molar-refractivity contribution < 1.29 is 24.2 Å². The zero-order chi connectivity index (χ0) is 16.8. The molecule has 2 amide bonds. The monoisotopic (exact) mass is 340 g/mol. The van der Waals surface area contributed by atoms with Crippen molar-refractivity contribution in [3.8, 4) is 0 Å². The average molecular weight is 340 g/mol. The Morgan fingerprint density at radius 1 is 1.43 bits per heavy atom. The maximum absolute atomic E-state index is 12.2. The summed E-state index contributed by atoms with van der Waals surface area (Å²) in [6.45, 7) is 1.17. The van der Waals surface area contributed by atoms with E-state index in [0.29, 0.717) is 13.1 Å². The van der Waals surface area contributed by atoms with Crippen molar-refractivity contribution in [2.45, 2.75) is 31.9 Å². The van der Waals surface area contributed by atoms with Gasteiger partial charge in [-0.05, 0) is 23.4 Å². The predicted octanol–water partition coefficient (Wildman–Crippen LogP) is 0.629. The lowest BCUT2D eigenvalue weighted by molar-refractivity contribution is -0.148. The highest BCUT2D eigenvalue weighted by Crippen LogP contribution is 2.24. The van der Waals surface area contributed by atoms with Gasteiger partial charge in [-0.3, -0.25) is 9.59 Å². The number of amides is 2. The van der Waals surface area contributed by atoms with Gasteiger partial charge in [-0.15, -0.1) is 11.3 Å². The van der Waals surface area contributed by atoms with E-state index >= 15 is 0 Å². The highest BCUT2D eigenvalue weighted by atomic mass is 32.1. The van der Waals surface area contributed by atoms with Crippen LogP contribution >= 0.6 is 11.3 Å². The zero-order valence-electron chi connectivity index (χ0n) is 12.9. The number of nitrogens with zero attached hydrogens (tertiary/aromatic N) is 1. The lowest BCUT2D eigenvalue weighted by Gasteiger charge is -2.27. The van der Waals surface area contributed by atoms with Gasteiger partial charge >= 0.3 is 5.97 Å². The molecule has 126 valence electrons. The third-order valence-electron chi connectivity index (χ3n) is 3.77. The molecule has 1 aliphatic heterocycles. The Morgan fingerprint density at radius 2 is 2.22 bits per heavy atom. The van der Waals surface area contributed by atoms with Gasteiger partial charge < -0.3 is 20.1 Å². The molecule has 2 N–H and O–H groups in total. The van der Waals surface area contributed by atoms with E-state index in [1.807, 2.05) is 11.4 Å². The van der Waals surface area contributed by atoms with E-state index in [0.717, 1.165) is 6.42 Å². The number of thiophene rings is 1. The number of hydrogen-bond donors (Lipinski definition) is 2. The Morgan fingerprint density at radius 3 is 2.91 bits per heavy atom. The Balaban J connectivity index is 1.72. The van der Waals surface area contributed by atoms with Gasteiger partial charge in [-0.1, -0.05) is 0 Å². The van der Waals surface area contributed by atoms with Crippen molar-refractivity contribution >= 4 is 29.1 Å². The first-order valence-corrected chi connectivity index (χ1v) is 8.24. The normalized spacial score (nSPS) is 14.9. The molecule has 0 radical (unpaired) electrons. The summed E-state index contributed by atoms with van der Waals surface area (Å²) in [5.41, 5.74) is 1.18. The Bertz CT molecular complexity index is 586. The molecule has 1 aromatic rings. The fraction of sp³-hybridized carbons (Fsp3) is 0.533. The summed E-state index contributed by atoms with van der Waals surface area (Å²) in [5, 5.41) is 13.3. The number of fused-ring (bicyclic) bond motifs is 1. The van der Waals surface area contributed by atoms with Gasteiger partial charge in [0.2, 0.25) is 11.8 Å². The number of aliphatic carboxylic acids is 1. The molecule has 1 atom stereocenters. The molecule has 1 unspecified atom stereocenters. The molecule has 0 saturated carbocycles. The standard InChI is InChI=1S/C15H20N2O5S/c1-22-11(15(20)21)8-16-13(18)2-3-14(19)17-6-4-12-10(9-17)5-7-23-12/h5,7,11H,2-4,6,8-9H2,1H3,(H,16,18)(H,20,21). The molecule has 0 fully saturated rings. The van der Waals surface area contributed by atoms with Gasteiger partial charge in [0.05, 0.1) is 6.54 Å². The number of ether oxygens (including phenoxy) is 1. The van der Waals surface area contributed by atoms with E-state index in [2.05, 4.69) is 5.32 Å². The molecule has 0 aromatic carbocycles. The van der Waals surface area contributed by atoms with Crippen molar-refractivity contribution in [1.29, 1.82) is 0 Å². The van der Waals surface area contributed by atoms with Crippen LogP contribution in [0.3, 0.4) is 0 Å². The van der Waals surface area contributed by atoms with Crippen molar-refractivity contribution in [3.63, 3.8) is 0 Å². The molecule has 2 rings (SSSR count). The van der Waals surface area contributed by atoms with Crippen LogP contribution in [-0.4, -0.2) is 54.1 Å². The van der Waals surface area contributed by atoms with Crippen molar-refractivity contribution in [2.24, 2.45) is 0 Å². The van der Waals surface area contributed by atoms with Crippen LogP contribution in [-0.2, 0) is 32.1 Å². The number of methoxy groups -OCH3 is 1. The Kier molecular flexibility index (Phi) is 6.12. The number of hydrogen-bond acceptors (Lipinski definition) is 5. The quantitative estimate of drug-likeness (QED) is 0.759. The molecule has 0 spiro atoms. The molecule has 23 heavy (non-hydrogen) atoms. The third kappa shape index (κ3) is 4.77. The first-order chi connectivity index (χ1) is 11.0. The minimum absolute atomic E-state index is 0.0435. The largest absolute Gasteiger partial charge is 0.479 e. The molecule has 2 heterocycles. The second kappa shape index (κ2) is 8.07. The number of carboxylic acids is 1. The summed E-state index contributed by atoms with van der Waals surface area (Å²) in [6.07, 6.45) is -0.0505. The molecule has 1 aliphatic rings. The first-order valence-electron chi connectivity index (χ1n) is 7.36. The lowest BCUT2D eigenvalue weighted by Crippen LogP contribution is -2.39. The summed E-state index contributed by atoms with van der Waals surface area (Å²) in [7, 11) is 1.27. The molecule has 0 bridgehead atoms. The third-order valence-corrected chi connectivity index (χ3v) is 4.79. The minimum Gasteiger partial charge on any atom is -0.479 e. The lowest BCUT2D eigenvalue weighted by atomic mass is 10.1. The van der Waals surface area contributed by atoms with Crippen LogP contribution in [0.1, 0.15) is 23.3 Å². The smallest absolute Gasteiger partial charge is 0.334 e. The van der Waals surface area contributed by atoms with Crippen molar-refractivity contribution in [1.82, 2.24) is 10.2 Å². The number of carbonyl (C=O) groups excluding carboxylic acids is 2. The topological polar surface area (TPSA) is 95.9 Å². The first kappa shape index (κ1) is 17.4. The van der Waals surface area contributed by atoms with E-state index in [9.17, 15) is 14.4 Å². The van der Waals surface area contributed by atoms with Crippen LogP contribution in [0, 0.1) is 0 Å². The summed E-state index contributed by atoms with van der Waals surface area (Å²) < 4.78 is 4.72. The fourth-order valence-corrected chi connectivity index (χ4v) is 3.30. The molecule has 7 nitrogen and oxygen atoms in total. The van der Waals surface area contributed by atoms with Gasteiger partial charge in [0.25, 0.3) is 0 Å². The molecule has 1 aromatic heterocycles. The summed E-state index contributed by atoms with van der Waals surface area (Å²) in [5.74, 6) is -1.54. The predicted molar refractivity (Wildman–Crippen MR) is 84.1 cm³/mol. The maximum Gasteiger partial charge on any atom is 0.334 e. The van der Waals surface area contributed by atoms with E-state index < -0.39 is 12.1 Å². The maximum atomic E-state index is 12.2. The Hall–Kier alpha value is -1.93. The number of nitrogens with one attached hydrogen (secondary N) is 1. The summed E-state index contributed by atoms with van der Waals surface area (Å²) >= 11 is 1.71. The molecular formula is C15H20N2O5S. The van der Waals surface area contributed by atoms with Crippen LogP contribution in [0.4, 0.5) is 0 Å². The van der Waals surface area contributed by atoms with Gasteiger partial charge in [0.15, 0.2) is 6.10 Å². The second-order valence-corrected chi connectivity index (χ2v) is 6.30. The van der Waals surface area contributed by atoms with Crippen LogP contribution in [0.2, 0.25) is 0 Å². The summed E-state index contributed by atoms with van der Waals surface area (Å²) in [6, 6.07) is 2.03. The zero-order valence-corrected chi connectivity index (χ0v) is 13.7. The van der Waals surface area contributed by atoms with E-state index in [1.54, 1.807) is 16.2 Å². The number of carboxylic acid groups (broad SMARTS) is 1. The average Bonchev–Trinajstić information content (AvgIpc) is 3.00. The van der Waals surface area contributed by atoms with Crippen molar-refractivity contribution in [2.75, 3.05) is 20.2 Å². The van der Waals surface area contributed by atoms with E-state index in [4.69, 9.17) is 9.84 Å². The Labute approximate surface area is 138 Å². The molecular weight excluding hydrogens is 320 g/mol. The van der Waals surface area contributed by atoms with E-state index in [1.165, 1.54) is 17.6 Å². The van der Waals surface area contributed by atoms with Crippen LogP contribution in [0.15, 0.2) is 11.4 Å². The number of carbonyl (C=O) groups is 3. The van der Waals surface area contributed by atoms with E-state index in [-0.39, 0.29) is 31.2 Å². The molecule has 0 aliphatic carbocycles. The highest BCUT2D eigenvalue weighted by molar-refractivity contribution is 7.10. The summed E-state index contributed by atoms with van der Waals surface area (Å²) in [4.78, 5) is 37.7. The van der Waals surface area contributed by atoms with Gasteiger partial charge in [0, 0.05) is 37.9 Å². The molecule has 8 heteroatoms. The van der Waals surface area contributed by atoms with Crippen LogP contribution in [0.25, 0.3) is 0 Å². The molecule has 0 saturated heterocycles. The minimum atomic E-state index is -1.14. The van der Waals surface area contributed by atoms with Gasteiger partial charge in [-0.2, -0.15) is 0 Å². The second-order valence-electron chi connectivity index (χ2n) is 5.30. The van der Waals surface area contributed by atoms with Crippen LogP contribution in [0.5, 0.6) is 0 Å². The highest BCUT2D eigenvalue weighted by Gasteiger charge is 2.22. The SMILES string of the molecule is COC(CNC(=O)CCC(=O)N1CCc2sccc2C1)C(=O)O. The fourth-order valence-electron chi connectivity index (χ4n) is 2.41. The van der Waals surface area contributed by atoms with Crippen molar-refractivity contribution in [3.05, 3.63) is 21.9 Å².